The number of benzene rings is 5. The summed E-state index contributed by atoms with van der Waals surface area (Å²) in [5.74, 6) is 0. The number of anilines is 2. The van der Waals surface area contributed by atoms with Crippen LogP contribution in [0.2, 0.25) is 0 Å². The third kappa shape index (κ3) is 3.97. The van der Waals surface area contributed by atoms with E-state index in [1.807, 2.05) is 0 Å². The van der Waals surface area contributed by atoms with Gasteiger partial charge in [0.25, 0.3) is 0 Å². The van der Waals surface area contributed by atoms with Crippen molar-refractivity contribution in [3.8, 4) is 0 Å². The lowest BCUT2D eigenvalue weighted by atomic mass is 9.80. The first-order valence-electron chi connectivity index (χ1n) is 13.4. The van der Waals surface area contributed by atoms with Crippen LogP contribution in [0.1, 0.15) is 39.8 Å². The normalized spacial score (nSPS) is 13.9. The number of hydrogen-bond donors (Lipinski definition) is 0. The molecule has 38 heavy (non-hydrogen) atoms. The SMILES string of the molecule is Cc1ccc(N(C2=CCC3=CCc4cccc5ccc2c3c45)c2ccc(C=Cc3ccccc3)cc2)cc1. The first-order valence-corrected chi connectivity index (χ1v) is 13.4. The molecule has 1 nitrogen and oxygen atoms in total. The van der Waals surface area contributed by atoms with E-state index in [9.17, 15) is 0 Å². The smallest absolute Gasteiger partial charge is 0.0503 e. The Balaban J connectivity index is 1.33. The second-order valence-corrected chi connectivity index (χ2v) is 10.2. The molecule has 1 heteroatoms. The highest BCUT2D eigenvalue weighted by Gasteiger charge is 2.27. The van der Waals surface area contributed by atoms with Gasteiger partial charge in [-0.15, -0.1) is 0 Å². The van der Waals surface area contributed by atoms with Crippen molar-refractivity contribution >= 4 is 45.6 Å². The molecule has 0 fully saturated rings. The number of nitrogens with zero attached hydrogens (tertiary/aromatic N) is 1. The molecule has 5 aromatic rings. The molecule has 7 rings (SSSR count). The second kappa shape index (κ2) is 9.36. The number of allylic oxidation sites excluding steroid dienone is 3. The zero-order valence-electron chi connectivity index (χ0n) is 21.6. The average molecular weight is 488 g/mol. The predicted octanol–water partition coefficient (Wildman–Crippen LogP) is 9.84. The molecular formula is C37H29N. The van der Waals surface area contributed by atoms with Crippen molar-refractivity contribution in [2.24, 2.45) is 0 Å². The molecule has 5 aromatic carbocycles. The van der Waals surface area contributed by atoms with E-state index in [0.717, 1.165) is 12.8 Å². The zero-order chi connectivity index (χ0) is 25.5. The first kappa shape index (κ1) is 22.6. The van der Waals surface area contributed by atoms with Crippen LogP contribution < -0.4 is 4.90 Å². The topological polar surface area (TPSA) is 3.24 Å². The van der Waals surface area contributed by atoms with Crippen molar-refractivity contribution in [2.45, 2.75) is 19.8 Å². The minimum absolute atomic E-state index is 0.954. The Kier molecular flexibility index (Phi) is 5.56. The fourth-order valence-corrected chi connectivity index (χ4v) is 5.83. The van der Waals surface area contributed by atoms with E-state index in [1.165, 1.54) is 66.8 Å². The molecule has 0 bridgehead atoms. The summed E-state index contributed by atoms with van der Waals surface area (Å²) in [6.45, 7) is 2.15. The van der Waals surface area contributed by atoms with E-state index in [2.05, 4.69) is 145 Å². The van der Waals surface area contributed by atoms with Crippen molar-refractivity contribution < 1.29 is 0 Å². The maximum absolute atomic E-state index is 2.43. The lowest BCUT2D eigenvalue weighted by Crippen LogP contribution is -2.19. The van der Waals surface area contributed by atoms with E-state index >= 15 is 0 Å². The van der Waals surface area contributed by atoms with Crippen LogP contribution in [0.3, 0.4) is 0 Å². The number of hydrogen-bond acceptors (Lipinski definition) is 1. The number of aryl methyl sites for hydroxylation is 1. The van der Waals surface area contributed by atoms with Gasteiger partial charge in [-0.25, -0.2) is 0 Å². The van der Waals surface area contributed by atoms with Crippen LogP contribution in [0, 0.1) is 6.92 Å². The predicted molar refractivity (Wildman–Crippen MR) is 163 cm³/mol. The highest BCUT2D eigenvalue weighted by Crippen LogP contribution is 2.46. The number of rotatable bonds is 5. The Morgan fingerprint density at radius 1 is 0.605 bits per heavy atom. The van der Waals surface area contributed by atoms with Crippen molar-refractivity contribution in [3.63, 3.8) is 0 Å². The molecule has 0 saturated carbocycles. The van der Waals surface area contributed by atoms with Gasteiger partial charge in [0, 0.05) is 16.9 Å². The lowest BCUT2D eigenvalue weighted by Gasteiger charge is -2.34. The molecule has 0 radical (unpaired) electrons. The van der Waals surface area contributed by atoms with E-state index in [1.54, 1.807) is 0 Å². The quantitative estimate of drug-likeness (QED) is 0.223. The van der Waals surface area contributed by atoms with E-state index in [4.69, 9.17) is 0 Å². The molecular weight excluding hydrogens is 458 g/mol. The van der Waals surface area contributed by atoms with E-state index in [0.29, 0.717) is 0 Å². The summed E-state index contributed by atoms with van der Waals surface area (Å²) in [6, 6.07) is 39.6. The molecule has 0 atom stereocenters. The second-order valence-electron chi connectivity index (χ2n) is 10.2. The molecule has 0 amide bonds. The highest BCUT2D eigenvalue weighted by molar-refractivity contribution is 6.06. The van der Waals surface area contributed by atoms with Crippen LogP contribution in [0.25, 0.3) is 34.2 Å². The van der Waals surface area contributed by atoms with Gasteiger partial charge in [-0.05, 0) is 82.6 Å². The molecule has 182 valence electrons. The fraction of sp³-hybridized carbons (Fsp3) is 0.0811. The summed E-state index contributed by atoms with van der Waals surface area (Å²) in [5.41, 5.74) is 12.9. The molecule has 0 heterocycles. The zero-order valence-corrected chi connectivity index (χ0v) is 21.6. The molecule has 0 spiro atoms. The summed E-state index contributed by atoms with van der Waals surface area (Å²) in [4.78, 5) is 2.43. The van der Waals surface area contributed by atoms with Crippen molar-refractivity contribution in [1.29, 1.82) is 0 Å². The summed E-state index contributed by atoms with van der Waals surface area (Å²) in [6.07, 6.45) is 11.2. The van der Waals surface area contributed by atoms with Gasteiger partial charge >= 0.3 is 0 Å². The minimum Gasteiger partial charge on any atom is -0.310 e. The fourth-order valence-electron chi connectivity index (χ4n) is 5.83. The van der Waals surface area contributed by atoms with Crippen molar-refractivity contribution in [3.05, 3.63) is 155 Å². The first-order chi connectivity index (χ1) is 18.7. The Labute approximate surface area is 224 Å². The third-order valence-corrected chi connectivity index (χ3v) is 7.76. The van der Waals surface area contributed by atoms with Crippen LogP contribution in [-0.4, -0.2) is 0 Å². The summed E-state index contributed by atoms with van der Waals surface area (Å²) in [7, 11) is 0. The van der Waals surface area contributed by atoms with Gasteiger partial charge in [0.2, 0.25) is 0 Å². The van der Waals surface area contributed by atoms with Crippen LogP contribution in [0.5, 0.6) is 0 Å². The standard InChI is InChI=1S/C37H29N/c1-26-10-20-32(21-11-26)38(33-22-14-28(15-23-33)13-12-27-6-3-2-4-7-27)35-25-19-31-17-16-29-8-5-9-30-18-24-34(35)37(31)36(29)30/h2-15,17-18,20-25H,16,19H2,1H3. The Morgan fingerprint density at radius 3 is 2.08 bits per heavy atom. The van der Waals surface area contributed by atoms with Crippen LogP contribution in [0.15, 0.2) is 121 Å². The molecule has 2 aliphatic rings. The Bertz CT molecular complexity index is 1730. The highest BCUT2D eigenvalue weighted by atomic mass is 15.1. The summed E-state index contributed by atoms with van der Waals surface area (Å²) >= 11 is 0. The third-order valence-electron chi connectivity index (χ3n) is 7.76. The molecule has 0 aromatic heterocycles. The summed E-state index contributed by atoms with van der Waals surface area (Å²) in [5, 5.41) is 2.77. The van der Waals surface area contributed by atoms with Gasteiger partial charge in [0.1, 0.15) is 0 Å². The minimum atomic E-state index is 0.954. The molecule has 0 unspecified atom stereocenters. The maximum atomic E-state index is 2.43. The lowest BCUT2D eigenvalue weighted by molar-refractivity contribution is 1.19. The largest absolute Gasteiger partial charge is 0.310 e. The Hall–Kier alpha value is -4.62. The monoisotopic (exact) mass is 487 g/mol. The van der Waals surface area contributed by atoms with Gasteiger partial charge < -0.3 is 4.90 Å². The van der Waals surface area contributed by atoms with Crippen molar-refractivity contribution in [1.82, 2.24) is 0 Å². The van der Waals surface area contributed by atoms with Gasteiger partial charge in [0.15, 0.2) is 0 Å². The maximum Gasteiger partial charge on any atom is 0.0503 e. The van der Waals surface area contributed by atoms with Gasteiger partial charge in [0.05, 0.1) is 5.70 Å². The van der Waals surface area contributed by atoms with Crippen LogP contribution >= 0.6 is 0 Å². The van der Waals surface area contributed by atoms with Gasteiger partial charge in [-0.3, -0.25) is 0 Å². The van der Waals surface area contributed by atoms with E-state index < -0.39 is 0 Å². The van der Waals surface area contributed by atoms with Gasteiger partial charge in [-0.1, -0.05) is 115 Å². The van der Waals surface area contributed by atoms with Crippen LogP contribution in [-0.2, 0) is 6.42 Å². The van der Waals surface area contributed by atoms with Gasteiger partial charge in [-0.2, -0.15) is 0 Å². The molecule has 0 saturated heterocycles. The molecule has 0 N–H and O–H groups in total. The molecule has 0 aliphatic heterocycles. The average Bonchev–Trinajstić information content (AvgIpc) is 2.98. The van der Waals surface area contributed by atoms with Crippen LogP contribution in [0.4, 0.5) is 11.4 Å². The van der Waals surface area contributed by atoms with Crippen molar-refractivity contribution in [2.75, 3.05) is 4.90 Å². The Morgan fingerprint density at radius 2 is 1.32 bits per heavy atom. The van der Waals surface area contributed by atoms with E-state index in [-0.39, 0.29) is 0 Å². The summed E-state index contributed by atoms with van der Waals surface area (Å²) < 4.78 is 0. The molecule has 2 aliphatic carbocycles.